The third-order valence-corrected chi connectivity index (χ3v) is 3.79. The van der Waals surface area contributed by atoms with E-state index in [1.807, 2.05) is 0 Å². The van der Waals surface area contributed by atoms with E-state index in [9.17, 15) is 9.90 Å². The highest BCUT2D eigenvalue weighted by Crippen LogP contribution is 2.39. The van der Waals surface area contributed by atoms with E-state index in [0.29, 0.717) is 21.9 Å². The fourth-order valence-electron chi connectivity index (χ4n) is 2.24. The van der Waals surface area contributed by atoms with Crippen molar-refractivity contribution in [3.05, 3.63) is 34.0 Å². The van der Waals surface area contributed by atoms with Gasteiger partial charge in [-0.1, -0.05) is 11.6 Å². The van der Waals surface area contributed by atoms with E-state index in [-0.39, 0.29) is 16.5 Å². The van der Waals surface area contributed by atoms with E-state index >= 15 is 0 Å². The molecule has 0 saturated heterocycles. The van der Waals surface area contributed by atoms with Gasteiger partial charge >= 0.3 is 5.97 Å². The van der Waals surface area contributed by atoms with Gasteiger partial charge in [-0.25, -0.2) is 4.79 Å². The van der Waals surface area contributed by atoms with Gasteiger partial charge in [0.2, 0.25) is 0 Å². The Labute approximate surface area is 138 Å². The number of hydrogen-bond acceptors (Lipinski definition) is 5. The third-order valence-electron chi connectivity index (χ3n) is 3.28. The maximum atomic E-state index is 12.1. The summed E-state index contributed by atoms with van der Waals surface area (Å²) in [6.45, 7) is 1.73. The van der Waals surface area contributed by atoms with E-state index in [1.165, 1.54) is 14.2 Å². The number of esters is 1. The number of halogens is 1. The predicted molar refractivity (Wildman–Crippen MR) is 86.0 cm³/mol. The lowest BCUT2D eigenvalue weighted by molar-refractivity contribution is -0.136. The summed E-state index contributed by atoms with van der Waals surface area (Å²) in [6, 6.07) is 2.57. The smallest absolute Gasteiger partial charge is 0.337 e. The first-order valence-electron chi connectivity index (χ1n) is 6.32. The normalized spacial score (nSPS) is 17.6. The summed E-state index contributed by atoms with van der Waals surface area (Å²) < 4.78 is 9.91. The van der Waals surface area contributed by atoms with Crippen molar-refractivity contribution in [1.82, 2.24) is 10.6 Å². The summed E-state index contributed by atoms with van der Waals surface area (Å²) in [4.78, 5) is 12.1. The quantitative estimate of drug-likeness (QED) is 0.573. The van der Waals surface area contributed by atoms with Crippen LogP contribution in [0.2, 0.25) is 5.02 Å². The Morgan fingerprint density at radius 3 is 2.68 bits per heavy atom. The van der Waals surface area contributed by atoms with E-state index in [1.54, 1.807) is 19.1 Å². The number of phenols is 1. The first-order valence-corrected chi connectivity index (χ1v) is 7.10. The molecule has 2 rings (SSSR count). The van der Waals surface area contributed by atoms with Crippen LogP contribution in [0.15, 0.2) is 23.4 Å². The molecule has 1 aliphatic rings. The van der Waals surface area contributed by atoms with E-state index in [0.717, 1.165) is 0 Å². The number of phenolic OH excluding ortho intramolecular Hbond substituents is 1. The molecule has 0 bridgehead atoms. The van der Waals surface area contributed by atoms with Crippen molar-refractivity contribution < 1.29 is 19.4 Å². The lowest BCUT2D eigenvalue weighted by atomic mass is 9.95. The average Bonchev–Trinajstić information content (AvgIpc) is 2.48. The number of carbonyl (C=O) groups is 1. The molecule has 0 unspecified atom stereocenters. The molecule has 118 valence electrons. The minimum atomic E-state index is -0.562. The Morgan fingerprint density at radius 1 is 1.41 bits per heavy atom. The first kappa shape index (κ1) is 16.4. The number of methoxy groups -OCH3 is 2. The fraction of sp³-hybridized carbons (Fsp3) is 0.286. The molecular formula is C14H15ClN2O4S. The molecule has 1 aliphatic heterocycles. The number of thiocarbonyl (C=S) groups is 1. The van der Waals surface area contributed by atoms with Crippen molar-refractivity contribution in [2.24, 2.45) is 0 Å². The van der Waals surface area contributed by atoms with Gasteiger partial charge in [0, 0.05) is 5.70 Å². The Morgan fingerprint density at radius 2 is 2.09 bits per heavy atom. The molecule has 22 heavy (non-hydrogen) atoms. The third kappa shape index (κ3) is 2.95. The zero-order valence-corrected chi connectivity index (χ0v) is 13.8. The number of benzene rings is 1. The Bertz CT molecular complexity index is 675. The number of nitrogens with one attached hydrogen (secondary N) is 2. The van der Waals surface area contributed by atoms with Gasteiger partial charge in [0.25, 0.3) is 0 Å². The molecule has 0 spiro atoms. The second kappa shape index (κ2) is 6.41. The second-order valence-electron chi connectivity index (χ2n) is 4.62. The molecule has 1 heterocycles. The van der Waals surface area contributed by atoms with Crippen LogP contribution >= 0.6 is 23.8 Å². The monoisotopic (exact) mass is 342 g/mol. The van der Waals surface area contributed by atoms with Crippen LogP contribution in [0.3, 0.4) is 0 Å². The van der Waals surface area contributed by atoms with E-state index in [2.05, 4.69) is 10.6 Å². The summed E-state index contributed by atoms with van der Waals surface area (Å²) in [5.74, 6) is -0.450. The molecule has 0 amide bonds. The molecule has 8 heteroatoms. The summed E-state index contributed by atoms with van der Waals surface area (Å²) in [6.07, 6.45) is 0. The van der Waals surface area contributed by atoms with Crippen molar-refractivity contribution in [1.29, 1.82) is 0 Å². The lowest BCUT2D eigenvalue weighted by Crippen LogP contribution is -2.45. The Kier molecular flexibility index (Phi) is 4.77. The Balaban J connectivity index is 2.58. The average molecular weight is 343 g/mol. The minimum Gasteiger partial charge on any atom is -0.503 e. The van der Waals surface area contributed by atoms with Crippen molar-refractivity contribution >= 4 is 34.9 Å². The number of allylic oxidation sites excluding steroid dienone is 1. The summed E-state index contributed by atoms with van der Waals surface area (Å²) >= 11 is 11.1. The first-order chi connectivity index (χ1) is 10.4. The van der Waals surface area contributed by atoms with Crippen LogP contribution in [0.5, 0.6) is 11.5 Å². The number of hydrogen-bond donors (Lipinski definition) is 3. The zero-order valence-electron chi connectivity index (χ0n) is 12.2. The SMILES string of the molecule is COC(=O)C1=C(C)NC(=S)N[C@H]1c1cc(Cl)c(O)c(OC)c1. The molecule has 1 aromatic carbocycles. The molecule has 1 aromatic rings. The highest BCUT2D eigenvalue weighted by Gasteiger charge is 2.31. The molecule has 0 fully saturated rings. The molecule has 0 saturated carbocycles. The van der Waals surface area contributed by atoms with Gasteiger partial charge in [-0.3, -0.25) is 0 Å². The number of aromatic hydroxyl groups is 1. The number of carbonyl (C=O) groups excluding carboxylic acids is 1. The fourth-order valence-corrected chi connectivity index (χ4v) is 2.73. The van der Waals surface area contributed by atoms with E-state index in [4.69, 9.17) is 33.3 Å². The van der Waals surface area contributed by atoms with Gasteiger partial charge in [-0.15, -0.1) is 0 Å². The van der Waals surface area contributed by atoms with Crippen LogP contribution in [0, 0.1) is 0 Å². The number of ether oxygens (including phenoxy) is 2. The van der Waals surface area contributed by atoms with Gasteiger partial charge < -0.3 is 25.2 Å². The minimum absolute atomic E-state index is 0.113. The molecule has 0 aromatic heterocycles. The van der Waals surface area contributed by atoms with Crippen LogP contribution in [0.4, 0.5) is 0 Å². The van der Waals surface area contributed by atoms with E-state index < -0.39 is 12.0 Å². The molecular weight excluding hydrogens is 328 g/mol. The molecule has 6 nitrogen and oxygen atoms in total. The van der Waals surface area contributed by atoms with Crippen LogP contribution in [0.1, 0.15) is 18.5 Å². The topological polar surface area (TPSA) is 79.8 Å². The summed E-state index contributed by atoms with van der Waals surface area (Å²) in [7, 11) is 2.72. The zero-order chi connectivity index (χ0) is 16.4. The lowest BCUT2D eigenvalue weighted by Gasteiger charge is -2.30. The summed E-state index contributed by atoms with van der Waals surface area (Å²) in [5, 5.41) is 16.2. The van der Waals surface area contributed by atoms with Crippen molar-refractivity contribution in [2.75, 3.05) is 14.2 Å². The standard InChI is InChI=1S/C14H15ClN2O4S/c1-6-10(13(19)21-3)11(17-14(22)16-6)7-4-8(15)12(18)9(5-7)20-2/h4-5,11,18H,1-3H3,(H2,16,17,22)/t11-/m0/s1. The van der Waals surface area contributed by atoms with Crippen LogP contribution < -0.4 is 15.4 Å². The number of rotatable bonds is 3. The van der Waals surface area contributed by atoms with Gasteiger partial charge in [-0.2, -0.15) is 0 Å². The van der Waals surface area contributed by atoms with Gasteiger partial charge in [0.1, 0.15) is 0 Å². The van der Waals surface area contributed by atoms with Crippen molar-refractivity contribution in [3.63, 3.8) is 0 Å². The largest absolute Gasteiger partial charge is 0.503 e. The predicted octanol–water partition coefficient (Wildman–Crippen LogP) is 2.02. The molecule has 0 aliphatic carbocycles. The van der Waals surface area contributed by atoms with Crippen molar-refractivity contribution in [3.8, 4) is 11.5 Å². The maximum absolute atomic E-state index is 12.1. The highest BCUT2D eigenvalue weighted by molar-refractivity contribution is 7.80. The molecule has 0 radical (unpaired) electrons. The van der Waals surface area contributed by atoms with Gasteiger partial charge in [0.05, 0.1) is 30.9 Å². The summed E-state index contributed by atoms with van der Waals surface area (Å²) in [5.41, 5.74) is 1.58. The Hall–Kier alpha value is -1.99. The molecule has 1 atom stereocenters. The highest BCUT2D eigenvalue weighted by atomic mass is 35.5. The molecule has 3 N–H and O–H groups in total. The second-order valence-corrected chi connectivity index (χ2v) is 5.43. The van der Waals surface area contributed by atoms with Gasteiger partial charge in [0.15, 0.2) is 16.6 Å². The van der Waals surface area contributed by atoms with Crippen molar-refractivity contribution in [2.45, 2.75) is 13.0 Å². The van der Waals surface area contributed by atoms with Gasteiger partial charge in [-0.05, 0) is 36.8 Å². The van der Waals surface area contributed by atoms with Crippen LogP contribution in [0.25, 0.3) is 0 Å². The van der Waals surface area contributed by atoms with Crippen LogP contribution in [-0.2, 0) is 9.53 Å². The maximum Gasteiger partial charge on any atom is 0.337 e. The van der Waals surface area contributed by atoms with Crippen LogP contribution in [-0.4, -0.2) is 30.4 Å².